The van der Waals surface area contributed by atoms with Crippen molar-refractivity contribution in [3.8, 4) is 0 Å². The molecule has 190 valence electrons. The molecule has 1 saturated heterocycles. The van der Waals surface area contributed by atoms with E-state index in [1.54, 1.807) is 12.4 Å². The molecule has 3 aliphatic heterocycles. The molecule has 37 heavy (non-hydrogen) atoms. The number of nitrogens with zero attached hydrogens (tertiary/aromatic N) is 4. The van der Waals surface area contributed by atoms with Gasteiger partial charge in [0.2, 0.25) is 5.91 Å². The van der Waals surface area contributed by atoms with E-state index in [0.717, 1.165) is 17.7 Å². The first-order valence-electron chi connectivity index (χ1n) is 13.1. The van der Waals surface area contributed by atoms with Crippen molar-refractivity contribution in [3.63, 3.8) is 0 Å². The van der Waals surface area contributed by atoms with Crippen LogP contribution in [0.2, 0.25) is 0 Å². The van der Waals surface area contributed by atoms with Crippen LogP contribution in [0.15, 0.2) is 71.8 Å². The lowest BCUT2D eigenvalue weighted by Gasteiger charge is -2.39. The molecule has 3 aliphatic rings. The molecule has 0 radical (unpaired) electrons. The molecule has 5 heterocycles. The summed E-state index contributed by atoms with van der Waals surface area (Å²) in [4.78, 5) is 36.1. The Kier molecular flexibility index (Phi) is 6.26. The second-order valence-corrected chi connectivity index (χ2v) is 10.3. The summed E-state index contributed by atoms with van der Waals surface area (Å²) < 4.78 is 1.84. The van der Waals surface area contributed by atoms with Gasteiger partial charge in [-0.15, -0.1) is 0 Å². The number of aliphatic hydroxyl groups is 1. The maximum atomic E-state index is 14.3. The zero-order valence-corrected chi connectivity index (χ0v) is 21.0. The fourth-order valence-electron chi connectivity index (χ4n) is 6.64. The Morgan fingerprint density at radius 1 is 1.11 bits per heavy atom. The number of carbonyl (C=O) groups excluding carboxylic acids is 1. The van der Waals surface area contributed by atoms with Gasteiger partial charge in [0.1, 0.15) is 0 Å². The monoisotopic (exact) mass is 496 g/mol. The molecule has 2 bridgehead atoms. The predicted molar refractivity (Wildman–Crippen MR) is 141 cm³/mol. The van der Waals surface area contributed by atoms with E-state index in [1.165, 1.54) is 11.1 Å². The van der Waals surface area contributed by atoms with Crippen LogP contribution in [0.1, 0.15) is 40.9 Å². The van der Waals surface area contributed by atoms with Crippen LogP contribution >= 0.6 is 0 Å². The highest BCUT2D eigenvalue weighted by atomic mass is 16.3. The average Bonchev–Trinajstić information content (AvgIpc) is 3.13. The van der Waals surface area contributed by atoms with Crippen molar-refractivity contribution < 1.29 is 9.90 Å². The van der Waals surface area contributed by atoms with Crippen LogP contribution in [0.5, 0.6) is 0 Å². The number of aromatic nitrogens is 2. The molecule has 0 saturated carbocycles. The molecular weight excluding hydrogens is 464 g/mol. The van der Waals surface area contributed by atoms with Crippen LogP contribution in [0.3, 0.4) is 0 Å². The molecule has 3 aromatic rings. The van der Waals surface area contributed by atoms with Gasteiger partial charge in [0, 0.05) is 68.4 Å². The van der Waals surface area contributed by atoms with Gasteiger partial charge in [-0.3, -0.25) is 19.5 Å². The first-order chi connectivity index (χ1) is 18.1. The topological polar surface area (TPSA) is 78.7 Å². The smallest absolute Gasteiger partial charge is 0.258 e. The summed E-state index contributed by atoms with van der Waals surface area (Å²) in [7, 11) is 0. The van der Waals surface area contributed by atoms with E-state index in [0.29, 0.717) is 31.7 Å². The maximum absolute atomic E-state index is 14.3. The molecule has 0 unspecified atom stereocenters. The molecule has 1 fully saturated rings. The summed E-state index contributed by atoms with van der Waals surface area (Å²) in [5.41, 5.74) is 5.04. The summed E-state index contributed by atoms with van der Waals surface area (Å²) in [5.74, 6) is -0.622. The average molecular weight is 497 g/mol. The first kappa shape index (κ1) is 23.8. The van der Waals surface area contributed by atoms with E-state index in [2.05, 4.69) is 22.0 Å². The second kappa shape index (κ2) is 9.72. The highest BCUT2D eigenvalue weighted by Gasteiger charge is 2.56. The zero-order chi connectivity index (χ0) is 25.5. The summed E-state index contributed by atoms with van der Waals surface area (Å²) in [6, 6.07) is 15.7. The summed E-state index contributed by atoms with van der Waals surface area (Å²) in [6.45, 7) is 4.14. The Hall–Kier alpha value is -3.55. The van der Waals surface area contributed by atoms with Crippen LogP contribution in [-0.2, 0) is 30.8 Å². The zero-order valence-electron chi connectivity index (χ0n) is 21.0. The van der Waals surface area contributed by atoms with E-state index >= 15 is 0 Å². The van der Waals surface area contributed by atoms with Crippen molar-refractivity contribution in [3.05, 3.63) is 105 Å². The Balaban J connectivity index is 1.42. The Labute approximate surface area is 216 Å². The van der Waals surface area contributed by atoms with Crippen molar-refractivity contribution in [1.82, 2.24) is 19.4 Å². The van der Waals surface area contributed by atoms with Gasteiger partial charge in [0.05, 0.1) is 12.0 Å². The SMILES string of the molecule is C/C=C/c1ccc2n(c1=O)C[C@H]1[C@H](CO)[C@@H](C(=O)N3CCc4ccccc4C3)[C@@H]2N1Cc1ccncc1. The van der Waals surface area contributed by atoms with Gasteiger partial charge >= 0.3 is 0 Å². The standard InChI is InChI=1S/C30H32N4O3/c1-2-5-22-8-9-25-28-27(30(37)32-15-12-21-6-3-4-7-23(21)17-32)24(19-35)26(18-34(25)29(22)36)33(28)16-20-10-13-31-14-11-20/h2-11,13-14,24,26-28,35H,12,15-19H2,1H3/b5-2+/t24-,26-,27+,28+/m0/s1. The van der Waals surface area contributed by atoms with E-state index < -0.39 is 5.92 Å². The fraction of sp³-hybridized carbons (Fsp3) is 0.367. The van der Waals surface area contributed by atoms with Crippen LogP contribution in [0, 0.1) is 11.8 Å². The Morgan fingerprint density at radius 3 is 2.65 bits per heavy atom. The molecule has 1 N–H and O–H groups in total. The van der Waals surface area contributed by atoms with Crippen LogP contribution in [-0.4, -0.2) is 49.6 Å². The highest BCUT2D eigenvalue weighted by molar-refractivity contribution is 5.81. The molecule has 0 aliphatic carbocycles. The molecule has 6 rings (SSSR count). The lowest BCUT2D eigenvalue weighted by Crippen LogP contribution is -2.46. The number of carbonyl (C=O) groups is 1. The third kappa shape index (κ3) is 4.03. The number of hydrogen-bond donors (Lipinski definition) is 1. The van der Waals surface area contributed by atoms with Crippen LogP contribution in [0.25, 0.3) is 6.08 Å². The fourth-order valence-corrected chi connectivity index (χ4v) is 6.64. The molecule has 0 spiro atoms. The van der Waals surface area contributed by atoms with Crippen LogP contribution in [0.4, 0.5) is 0 Å². The number of fused-ring (bicyclic) bond motifs is 5. The van der Waals surface area contributed by atoms with Crippen molar-refractivity contribution >= 4 is 12.0 Å². The summed E-state index contributed by atoms with van der Waals surface area (Å²) in [6.07, 6.45) is 8.09. The predicted octanol–water partition coefficient (Wildman–Crippen LogP) is 3.03. The van der Waals surface area contributed by atoms with Gasteiger partial charge in [-0.2, -0.15) is 0 Å². The number of rotatable bonds is 5. The highest BCUT2D eigenvalue weighted by Crippen LogP contribution is 2.49. The normalized spacial score (nSPS) is 24.8. The first-order valence-corrected chi connectivity index (χ1v) is 13.1. The molecular formula is C30H32N4O3. The molecule has 7 heteroatoms. The number of benzene rings is 1. The van der Waals surface area contributed by atoms with Crippen molar-refractivity contribution in [2.24, 2.45) is 11.8 Å². The third-order valence-electron chi connectivity index (χ3n) is 8.39. The van der Waals surface area contributed by atoms with Gasteiger partial charge in [-0.05, 0) is 54.3 Å². The lowest BCUT2D eigenvalue weighted by molar-refractivity contribution is -0.139. The third-order valence-corrected chi connectivity index (χ3v) is 8.39. The molecule has 2 aromatic heterocycles. The van der Waals surface area contributed by atoms with E-state index in [4.69, 9.17) is 0 Å². The van der Waals surface area contributed by atoms with Gasteiger partial charge in [-0.25, -0.2) is 0 Å². The van der Waals surface area contributed by atoms with Gasteiger partial charge in [0.25, 0.3) is 5.56 Å². The minimum absolute atomic E-state index is 0.0363. The minimum atomic E-state index is -0.428. The van der Waals surface area contributed by atoms with Crippen molar-refractivity contribution in [2.45, 2.75) is 45.1 Å². The largest absolute Gasteiger partial charge is 0.396 e. The van der Waals surface area contributed by atoms with Crippen molar-refractivity contribution in [1.29, 1.82) is 0 Å². The molecule has 4 atom stereocenters. The van der Waals surface area contributed by atoms with E-state index in [1.807, 2.05) is 64.9 Å². The minimum Gasteiger partial charge on any atom is -0.396 e. The molecule has 1 amide bonds. The van der Waals surface area contributed by atoms with Gasteiger partial charge in [-0.1, -0.05) is 36.4 Å². The number of aliphatic hydroxyl groups excluding tert-OH is 1. The quantitative estimate of drug-likeness (QED) is 0.588. The van der Waals surface area contributed by atoms with Crippen molar-refractivity contribution in [2.75, 3.05) is 13.2 Å². The number of pyridine rings is 2. The Bertz CT molecular complexity index is 1400. The second-order valence-electron chi connectivity index (χ2n) is 10.3. The van der Waals surface area contributed by atoms with E-state index in [-0.39, 0.29) is 36.1 Å². The molecule has 7 nitrogen and oxygen atoms in total. The lowest BCUT2D eigenvalue weighted by atomic mass is 9.85. The summed E-state index contributed by atoms with van der Waals surface area (Å²) >= 11 is 0. The Morgan fingerprint density at radius 2 is 1.89 bits per heavy atom. The number of allylic oxidation sites excluding steroid dienone is 1. The number of amides is 1. The van der Waals surface area contributed by atoms with Gasteiger partial charge in [0.15, 0.2) is 0 Å². The van der Waals surface area contributed by atoms with Gasteiger partial charge < -0.3 is 14.6 Å². The number of hydrogen-bond acceptors (Lipinski definition) is 5. The maximum Gasteiger partial charge on any atom is 0.258 e. The van der Waals surface area contributed by atoms with E-state index in [9.17, 15) is 14.7 Å². The summed E-state index contributed by atoms with van der Waals surface area (Å²) in [5, 5.41) is 10.7. The molecule has 1 aromatic carbocycles. The van der Waals surface area contributed by atoms with Crippen LogP contribution < -0.4 is 5.56 Å².